The summed E-state index contributed by atoms with van der Waals surface area (Å²) in [5.41, 5.74) is 19.0. The van der Waals surface area contributed by atoms with E-state index in [2.05, 4.69) is 165 Å². The third kappa shape index (κ3) is 11.2. The van der Waals surface area contributed by atoms with E-state index >= 15 is 0 Å². The number of carbonyl (C=O) groups excluding carboxylic acids is 1. The molecule has 3 heteroatoms. The number of carbonyl (C=O) groups is 1. The van der Waals surface area contributed by atoms with Crippen LogP contribution in [0, 0.1) is 44.4 Å². The summed E-state index contributed by atoms with van der Waals surface area (Å²) in [4.78, 5) is 13.4. The maximum Gasteiger partial charge on any atom is 0.166 e. The molecule has 4 aromatic rings. The van der Waals surface area contributed by atoms with Gasteiger partial charge in [0.1, 0.15) is 11.5 Å². The number of hydrogen-bond donors (Lipinski definition) is 0. The molecule has 0 aromatic heterocycles. The summed E-state index contributed by atoms with van der Waals surface area (Å²) in [6, 6.07) is 18.0. The van der Waals surface area contributed by atoms with Gasteiger partial charge in [-0.05, 0) is 115 Å². The van der Waals surface area contributed by atoms with Crippen molar-refractivity contribution < 1.29 is 14.3 Å². The highest BCUT2D eigenvalue weighted by Gasteiger charge is 2.38. The molecule has 0 amide bonds. The van der Waals surface area contributed by atoms with Crippen LogP contribution in [0.1, 0.15) is 170 Å². The monoisotopic (exact) mass is 799 g/mol. The van der Waals surface area contributed by atoms with Crippen molar-refractivity contribution in [3.8, 4) is 33.8 Å². The predicted molar refractivity (Wildman–Crippen MR) is 256 cm³/mol. The summed E-state index contributed by atoms with van der Waals surface area (Å²) in [6.45, 7) is 39.6. The van der Waals surface area contributed by atoms with Gasteiger partial charge < -0.3 is 9.47 Å². The van der Waals surface area contributed by atoms with E-state index in [4.69, 9.17) is 9.47 Å². The molecule has 0 saturated carbocycles. The van der Waals surface area contributed by atoms with Crippen LogP contribution in [0.3, 0.4) is 0 Å². The highest BCUT2D eigenvalue weighted by Crippen LogP contribution is 2.50. The molecule has 1 unspecified atom stereocenters. The number of fused-ring (bicyclic) bond motifs is 2. The Hall–Kier alpha value is -4.11. The second kappa shape index (κ2) is 17.9. The fourth-order valence-electron chi connectivity index (χ4n) is 9.32. The molecule has 0 spiro atoms. The quantitative estimate of drug-likeness (QED) is 0.195. The topological polar surface area (TPSA) is 35.5 Å². The number of ether oxygens (including phenoxy) is 2. The number of hydrogen-bond acceptors (Lipinski definition) is 3. The van der Waals surface area contributed by atoms with Crippen molar-refractivity contribution >= 4 is 11.9 Å². The summed E-state index contributed by atoms with van der Waals surface area (Å²) in [5, 5.41) is 0. The van der Waals surface area contributed by atoms with Crippen LogP contribution >= 0.6 is 0 Å². The number of ketones is 1. The van der Waals surface area contributed by atoms with Crippen molar-refractivity contribution in [2.45, 2.75) is 161 Å². The fraction of sp³-hybridized carbons (Fsp3) is 0.518. The number of Topliss-reactive ketones (excluding diaryl/α,β-unsaturated/α-hetero) is 1. The smallest absolute Gasteiger partial charge is 0.166 e. The fourth-order valence-corrected chi connectivity index (χ4v) is 9.32. The van der Waals surface area contributed by atoms with E-state index < -0.39 is 0 Å². The second-order valence-electron chi connectivity index (χ2n) is 21.8. The van der Waals surface area contributed by atoms with E-state index in [1.165, 1.54) is 61.2 Å². The first kappa shape index (κ1) is 47.6. The van der Waals surface area contributed by atoms with Gasteiger partial charge in [-0.15, -0.1) is 0 Å². The van der Waals surface area contributed by atoms with Crippen molar-refractivity contribution in [1.82, 2.24) is 0 Å². The van der Waals surface area contributed by atoms with E-state index in [1.807, 2.05) is 21.0 Å². The number of allylic oxidation sites excluding steroid dienone is 1. The molecule has 0 N–H and O–H groups in total. The van der Waals surface area contributed by atoms with Crippen molar-refractivity contribution in [2.75, 3.05) is 14.2 Å². The number of aryl methyl sites for hydroxylation is 4. The number of methoxy groups -OCH3 is 2. The summed E-state index contributed by atoms with van der Waals surface area (Å²) < 4.78 is 12.1. The van der Waals surface area contributed by atoms with Crippen LogP contribution in [0.25, 0.3) is 28.3 Å². The van der Waals surface area contributed by atoms with Crippen LogP contribution < -0.4 is 9.47 Å². The van der Waals surface area contributed by atoms with Crippen LogP contribution in [0.5, 0.6) is 11.5 Å². The highest BCUT2D eigenvalue weighted by atomic mass is 16.5. The second-order valence-corrected chi connectivity index (χ2v) is 21.8. The van der Waals surface area contributed by atoms with Gasteiger partial charge in [-0.3, -0.25) is 4.79 Å². The van der Waals surface area contributed by atoms with E-state index in [1.54, 1.807) is 7.11 Å². The van der Waals surface area contributed by atoms with Gasteiger partial charge in [0, 0.05) is 33.7 Å². The molecule has 0 heterocycles. The normalized spacial score (nSPS) is 15.1. The zero-order valence-corrected chi connectivity index (χ0v) is 40.8. The lowest BCUT2D eigenvalue weighted by molar-refractivity contribution is 0.0903. The van der Waals surface area contributed by atoms with Crippen LogP contribution in [0.15, 0.2) is 54.1 Å². The summed E-state index contributed by atoms with van der Waals surface area (Å²) in [6.07, 6.45) is 6.28. The van der Waals surface area contributed by atoms with Gasteiger partial charge in [0.05, 0.1) is 14.2 Å². The Labute approximate surface area is 360 Å². The lowest BCUT2D eigenvalue weighted by Gasteiger charge is -2.27. The zero-order valence-electron chi connectivity index (χ0n) is 40.8. The van der Waals surface area contributed by atoms with Crippen LogP contribution in [-0.2, 0) is 23.7 Å². The molecule has 0 saturated heterocycles. The molecule has 3 nitrogen and oxygen atoms in total. The van der Waals surface area contributed by atoms with Gasteiger partial charge in [-0.25, -0.2) is 0 Å². The van der Waals surface area contributed by atoms with Crippen molar-refractivity contribution in [1.29, 1.82) is 0 Å². The lowest BCUT2D eigenvalue weighted by atomic mass is 9.81. The average Bonchev–Trinajstić information content (AvgIpc) is 3.62. The lowest BCUT2D eigenvalue weighted by Crippen LogP contribution is -2.18. The van der Waals surface area contributed by atoms with Crippen molar-refractivity contribution in [2.24, 2.45) is 16.7 Å². The number of rotatable bonds is 6. The largest absolute Gasteiger partial charge is 0.496 e. The van der Waals surface area contributed by atoms with Gasteiger partial charge >= 0.3 is 0 Å². The van der Waals surface area contributed by atoms with Gasteiger partial charge in [0.25, 0.3) is 0 Å². The predicted octanol–water partition coefficient (Wildman–Crippen LogP) is 15.7. The first-order valence-electron chi connectivity index (χ1n) is 22.1. The molecular formula is C56H78O3. The molecule has 0 bridgehead atoms. The third-order valence-corrected chi connectivity index (χ3v) is 11.3. The third-order valence-electron chi connectivity index (χ3n) is 11.3. The van der Waals surface area contributed by atoms with Crippen molar-refractivity contribution in [3.05, 3.63) is 110 Å². The highest BCUT2D eigenvalue weighted by molar-refractivity contribution is 6.05. The zero-order chi connectivity index (χ0) is 44.6. The summed E-state index contributed by atoms with van der Waals surface area (Å²) in [7, 11) is 3.58. The first-order chi connectivity index (χ1) is 27.2. The minimum atomic E-state index is -0.115. The van der Waals surface area contributed by atoms with Crippen LogP contribution in [-0.4, -0.2) is 20.0 Å². The maximum absolute atomic E-state index is 13.4. The minimum absolute atomic E-state index is 0.0224. The molecule has 0 fully saturated rings. The Morgan fingerprint density at radius 2 is 1.00 bits per heavy atom. The maximum atomic E-state index is 13.4. The van der Waals surface area contributed by atoms with Gasteiger partial charge in [0.15, 0.2) is 5.78 Å². The van der Waals surface area contributed by atoms with E-state index in [0.29, 0.717) is 11.2 Å². The number of benzene rings is 4. The molecule has 2 aliphatic rings. The van der Waals surface area contributed by atoms with Crippen LogP contribution in [0.4, 0.5) is 0 Å². The minimum Gasteiger partial charge on any atom is -0.496 e. The van der Waals surface area contributed by atoms with Gasteiger partial charge in [-0.1, -0.05) is 167 Å². The SMILES string of the molecule is CC.COc1c(C(C)(C)C)cc2c(c1-c1cc(C)cc(C)c1)CC(CC(C)(C)C)=C2.COc1c(C(C)(C)C)cc2c(c1-c1cc(C)cc(C)c1)CC(CC(C)(C)C)C2=O. The molecule has 6 rings (SSSR count). The Bertz CT molecular complexity index is 2160. The van der Waals surface area contributed by atoms with E-state index in [-0.39, 0.29) is 22.2 Å². The molecule has 320 valence electrons. The Morgan fingerprint density at radius 1 is 0.576 bits per heavy atom. The summed E-state index contributed by atoms with van der Waals surface area (Å²) >= 11 is 0. The van der Waals surface area contributed by atoms with E-state index in [0.717, 1.165) is 59.4 Å². The van der Waals surface area contributed by atoms with E-state index in [9.17, 15) is 4.79 Å². The van der Waals surface area contributed by atoms with Gasteiger partial charge in [0.2, 0.25) is 0 Å². The molecule has 2 aliphatic carbocycles. The molecule has 4 aromatic carbocycles. The van der Waals surface area contributed by atoms with Crippen molar-refractivity contribution in [3.63, 3.8) is 0 Å². The van der Waals surface area contributed by atoms with Crippen LogP contribution in [0.2, 0.25) is 0 Å². The average molecular weight is 799 g/mol. The van der Waals surface area contributed by atoms with Gasteiger partial charge in [-0.2, -0.15) is 0 Å². The summed E-state index contributed by atoms with van der Waals surface area (Å²) in [5.74, 6) is 2.32. The molecule has 1 atom stereocenters. The first-order valence-corrected chi connectivity index (χ1v) is 22.1. The molecular weight excluding hydrogens is 721 g/mol. The molecule has 59 heavy (non-hydrogen) atoms. The Morgan fingerprint density at radius 3 is 1.39 bits per heavy atom. The Balaban J connectivity index is 0.000000250. The standard InChI is InChI=1S/C27H36O2.C27H36O.C2H6/c1-16-10-17(2)12-18(11-16)23-20-13-19(15-26(3,4)5)24(28)21(20)14-22(25(23)29-9)27(6,7)8;1-17-10-18(2)12-21(11-17)24-22-14-19(16-26(3,4)5)13-20(22)15-23(25(24)28-9)27(6,7)8;1-2/h10-12,14,19H,13,15H2,1-9H3;10-13,15H,14,16H2,1-9H3;1-2H3. The molecule has 0 radical (unpaired) electrons. The molecule has 0 aliphatic heterocycles. The Kier molecular flexibility index (Phi) is 14.4.